The number of benzene rings is 1. The Morgan fingerprint density at radius 3 is 2.96 bits per heavy atom. The van der Waals surface area contributed by atoms with Crippen LogP contribution in [0.15, 0.2) is 24.4 Å². The number of aromatic amines is 1. The molecule has 2 amide bonds. The van der Waals surface area contributed by atoms with Crippen molar-refractivity contribution in [3.63, 3.8) is 0 Å². The minimum atomic E-state index is -0.468. The Hall–Kier alpha value is -2.67. The average Bonchev–Trinajstić information content (AvgIpc) is 3.07. The number of carbonyl (C=O) groups excluding carboxylic acids is 2. The van der Waals surface area contributed by atoms with E-state index in [-0.39, 0.29) is 18.2 Å². The molecule has 0 radical (unpaired) electrons. The van der Waals surface area contributed by atoms with Crippen LogP contribution < -0.4 is 10.6 Å². The van der Waals surface area contributed by atoms with Crippen LogP contribution in [-0.4, -0.2) is 53.1 Å². The van der Waals surface area contributed by atoms with Gasteiger partial charge in [-0.25, -0.2) is 0 Å². The van der Waals surface area contributed by atoms with Crippen molar-refractivity contribution in [3.8, 4) is 11.3 Å². The summed E-state index contributed by atoms with van der Waals surface area (Å²) in [6.45, 7) is 5.98. The Morgan fingerprint density at radius 2 is 2.19 bits per heavy atom. The van der Waals surface area contributed by atoms with Gasteiger partial charge in [0.1, 0.15) is 0 Å². The standard InChI is InChI=1S/C19H25N5O2/c1-12-4-5-13(2)15(8-12)18-14(10-22-23-18)11-24-7-6-21-19(26)16(24)9-17(25)20-3/h4-5,8,10,16H,6-7,9,11H2,1-3H3,(H,20,25)(H,21,26)(H,22,23). The molecule has 7 nitrogen and oxygen atoms in total. The number of carbonyl (C=O) groups is 2. The minimum Gasteiger partial charge on any atom is -0.359 e. The number of nitrogens with zero attached hydrogens (tertiary/aromatic N) is 2. The summed E-state index contributed by atoms with van der Waals surface area (Å²) in [5, 5.41) is 12.8. The predicted molar refractivity (Wildman–Crippen MR) is 99.4 cm³/mol. The summed E-state index contributed by atoms with van der Waals surface area (Å²) < 4.78 is 0. The van der Waals surface area contributed by atoms with Gasteiger partial charge in [-0.1, -0.05) is 17.7 Å². The van der Waals surface area contributed by atoms with Gasteiger partial charge in [0.25, 0.3) is 0 Å². The van der Waals surface area contributed by atoms with E-state index >= 15 is 0 Å². The Bertz CT molecular complexity index is 814. The third-order valence-corrected chi connectivity index (χ3v) is 4.85. The number of rotatable bonds is 5. The fraction of sp³-hybridized carbons (Fsp3) is 0.421. The van der Waals surface area contributed by atoms with Gasteiger partial charge in [0, 0.05) is 37.8 Å². The molecule has 1 aliphatic heterocycles. The van der Waals surface area contributed by atoms with Gasteiger partial charge in [0.2, 0.25) is 11.8 Å². The van der Waals surface area contributed by atoms with Crippen molar-refractivity contribution >= 4 is 11.8 Å². The summed E-state index contributed by atoms with van der Waals surface area (Å²) in [4.78, 5) is 26.1. The topological polar surface area (TPSA) is 90.1 Å². The van der Waals surface area contributed by atoms with Crippen molar-refractivity contribution in [1.29, 1.82) is 0 Å². The van der Waals surface area contributed by atoms with E-state index in [1.807, 2.05) is 4.90 Å². The molecular formula is C19H25N5O2. The van der Waals surface area contributed by atoms with Gasteiger partial charge in [-0.05, 0) is 25.5 Å². The van der Waals surface area contributed by atoms with Crippen molar-refractivity contribution < 1.29 is 9.59 Å². The molecule has 0 aliphatic carbocycles. The molecule has 1 atom stereocenters. The highest BCUT2D eigenvalue weighted by Crippen LogP contribution is 2.27. The molecule has 7 heteroatoms. The van der Waals surface area contributed by atoms with Gasteiger partial charge in [-0.15, -0.1) is 0 Å². The van der Waals surface area contributed by atoms with Crippen molar-refractivity contribution in [1.82, 2.24) is 25.7 Å². The molecule has 1 unspecified atom stereocenters. The Balaban J connectivity index is 1.86. The van der Waals surface area contributed by atoms with Crippen LogP contribution in [0.4, 0.5) is 0 Å². The molecule has 3 N–H and O–H groups in total. The normalized spacial score (nSPS) is 17.8. The van der Waals surface area contributed by atoms with Crippen LogP contribution in [0.2, 0.25) is 0 Å². The Kier molecular flexibility index (Phi) is 5.37. The average molecular weight is 355 g/mol. The highest BCUT2D eigenvalue weighted by Gasteiger charge is 2.32. The first-order chi connectivity index (χ1) is 12.5. The maximum absolute atomic E-state index is 12.3. The van der Waals surface area contributed by atoms with Crippen LogP contribution >= 0.6 is 0 Å². The SMILES string of the molecule is CNC(=O)CC1C(=O)NCCN1Cc1cn[nH]c1-c1cc(C)ccc1C. The van der Waals surface area contributed by atoms with E-state index in [4.69, 9.17) is 0 Å². The van der Waals surface area contributed by atoms with E-state index in [1.54, 1.807) is 13.2 Å². The van der Waals surface area contributed by atoms with E-state index in [0.717, 1.165) is 16.8 Å². The first kappa shape index (κ1) is 18.1. The molecule has 1 fully saturated rings. The molecule has 0 spiro atoms. The van der Waals surface area contributed by atoms with Crippen LogP contribution in [0.1, 0.15) is 23.1 Å². The van der Waals surface area contributed by atoms with Crippen molar-refractivity contribution in [2.45, 2.75) is 32.9 Å². The summed E-state index contributed by atoms with van der Waals surface area (Å²) >= 11 is 0. The fourth-order valence-corrected chi connectivity index (χ4v) is 3.34. The highest BCUT2D eigenvalue weighted by molar-refractivity contribution is 5.88. The number of piperazine rings is 1. The Morgan fingerprint density at radius 1 is 1.38 bits per heavy atom. The maximum Gasteiger partial charge on any atom is 0.237 e. The number of H-pyrrole nitrogens is 1. The monoisotopic (exact) mass is 355 g/mol. The number of amides is 2. The van der Waals surface area contributed by atoms with Crippen molar-refractivity contribution in [2.24, 2.45) is 0 Å². The summed E-state index contributed by atoms with van der Waals surface area (Å²) in [5.41, 5.74) is 5.45. The minimum absolute atomic E-state index is 0.100. The van der Waals surface area contributed by atoms with E-state index < -0.39 is 6.04 Å². The van der Waals surface area contributed by atoms with Crippen LogP contribution in [0.3, 0.4) is 0 Å². The zero-order valence-corrected chi connectivity index (χ0v) is 15.4. The molecule has 0 saturated carbocycles. The number of aromatic nitrogens is 2. The molecule has 138 valence electrons. The number of hydrogen-bond acceptors (Lipinski definition) is 4. The van der Waals surface area contributed by atoms with Gasteiger partial charge in [0.05, 0.1) is 24.4 Å². The van der Waals surface area contributed by atoms with Gasteiger partial charge < -0.3 is 10.6 Å². The summed E-state index contributed by atoms with van der Waals surface area (Å²) in [6, 6.07) is 5.85. The third kappa shape index (κ3) is 3.77. The lowest BCUT2D eigenvalue weighted by molar-refractivity contribution is -0.134. The van der Waals surface area contributed by atoms with E-state index in [9.17, 15) is 9.59 Å². The lowest BCUT2D eigenvalue weighted by atomic mass is 9.99. The number of nitrogens with one attached hydrogen (secondary N) is 3. The first-order valence-electron chi connectivity index (χ1n) is 8.82. The molecule has 2 heterocycles. The molecular weight excluding hydrogens is 330 g/mol. The zero-order valence-electron chi connectivity index (χ0n) is 15.4. The van der Waals surface area contributed by atoms with Gasteiger partial charge in [0.15, 0.2) is 0 Å². The molecule has 1 aromatic heterocycles. The number of aryl methyl sites for hydroxylation is 2. The van der Waals surface area contributed by atoms with Gasteiger partial charge >= 0.3 is 0 Å². The highest BCUT2D eigenvalue weighted by atomic mass is 16.2. The molecule has 0 bridgehead atoms. The summed E-state index contributed by atoms with van der Waals surface area (Å²) in [5.74, 6) is -0.240. The quantitative estimate of drug-likeness (QED) is 0.750. The molecule has 3 rings (SSSR count). The molecule has 1 aliphatic rings. The van der Waals surface area contributed by atoms with Crippen molar-refractivity contribution in [2.75, 3.05) is 20.1 Å². The lowest BCUT2D eigenvalue weighted by Gasteiger charge is -2.34. The summed E-state index contributed by atoms with van der Waals surface area (Å²) in [6.07, 6.45) is 1.96. The van der Waals surface area contributed by atoms with E-state index in [2.05, 4.69) is 52.9 Å². The second kappa shape index (κ2) is 7.70. The smallest absolute Gasteiger partial charge is 0.237 e. The maximum atomic E-state index is 12.3. The van der Waals surface area contributed by atoms with Crippen LogP contribution in [0.5, 0.6) is 0 Å². The fourth-order valence-electron chi connectivity index (χ4n) is 3.34. The lowest BCUT2D eigenvalue weighted by Crippen LogP contribution is -2.56. The second-order valence-corrected chi connectivity index (χ2v) is 6.74. The molecule has 1 saturated heterocycles. The molecule has 26 heavy (non-hydrogen) atoms. The third-order valence-electron chi connectivity index (χ3n) is 4.85. The van der Waals surface area contributed by atoms with Crippen LogP contribution in [0, 0.1) is 13.8 Å². The van der Waals surface area contributed by atoms with Gasteiger partial charge in [-0.2, -0.15) is 5.10 Å². The van der Waals surface area contributed by atoms with Crippen molar-refractivity contribution in [3.05, 3.63) is 41.1 Å². The summed E-state index contributed by atoms with van der Waals surface area (Å²) in [7, 11) is 1.59. The molecule has 2 aromatic rings. The van der Waals surface area contributed by atoms with Crippen LogP contribution in [0.25, 0.3) is 11.3 Å². The molecule has 1 aromatic carbocycles. The first-order valence-corrected chi connectivity index (χ1v) is 8.82. The van der Waals surface area contributed by atoms with Gasteiger partial charge in [-0.3, -0.25) is 19.6 Å². The zero-order chi connectivity index (χ0) is 18.7. The van der Waals surface area contributed by atoms with E-state index in [1.165, 1.54) is 11.1 Å². The predicted octanol–water partition coefficient (Wildman–Crippen LogP) is 1.13. The largest absolute Gasteiger partial charge is 0.359 e. The second-order valence-electron chi connectivity index (χ2n) is 6.74. The van der Waals surface area contributed by atoms with E-state index in [0.29, 0.717) is 19.6 Å². The van der Waals surface area contributed by atoms with Crippen LogP contribution in [-0.2, 0) is 16.1 Å². The Labute approximate surface area is 153 Å². The number of hydrogen-bond donors (Lipinski definition) is 3.